The van der Waals surface area contributed by atoms with Crippen LogP contribution in [0.5, 0.6) is 0 Å². The predicted molar refractivity (Wildman–Crippen MR) is 63.8 cm³/mol. The van der Waals surface area contributed by atoms with E-state index in [1.165, 1.54) is 17.0 Å². The Morgan fingerprint density at radius 3 is 2.67 bits per heavy atom. The van der Waals surface area contributed by atoms with Crippen molar-refractivity contribution in [3.8, 4) is 0 Å². The Balaban J connectivity index is 2.53. The van der Waals surface area contributed by atoms with Crippen molar-refractivity contribution in [3.63, 3.8) is 0 Å². The fraction of sp³-hybridized carbons (Fsp3) is 0.462. The zero-order chi connectivity index (χ0) is 13.5. The molecule has 18 heavy (non-hydrogen) atoms. The molecule has 1 rings (SSSR count). The molecule has 1 aromatic rings. The lowest BCUT2D eigenvalue weighted by Crippen LogP contribution is -2.26. The van der Waals surface area contributed by atoms with Gasteiger partial charge in [0.25, 0.3) is 0 Å². The van der Waals surface area contributed by atoms with Crippen LogP contribution in [0, 0.1) is 11.6 Å². The summed E-state index contributed by atoms with van der Waals surface area (Å²) in [7, 11) is 1.57. The molecule has 0 aliphatic heterocycles. The van der Waals surface area contributed by atoms with Crippen molar-refractivity contribution in [1.82, 2.24) is 4.90 Å². The number of amides is 1. The van der Waals surface area contributed by atoms with Crippen LogP contribution in [0.2, 0.25) is 0 Å². The minimum Gasteiger partial charge on any atom is -0.396 e. The topological polar surface area (TPSA) is 40.5 Å². The largest absolute Gasteiger partial charge is 0.396 e. The van der Waals surface area contributed by atoms with Gasteiger partial charge >= 0.3 is 0 Å². The Morgan fingerprint density at radius 1 is 1.33 bits per heavy atom. The molecule has 0 radical (unpaired) electrons. The Kier molecular flexibility index (Phi) is 5.71. The summed E-state index contributed by atoms with van der Waals surface area (Å²) < 4.78 is 26.1. The van der Waals surface area contributed by atoms with Gasteiger partial charge in [0.2, 0.25) is 5.91 Å². The molecule has 0 aromatic heterocycles. The monoisotopic (exact) mass is 257 g/mol. The molecule has 0 bridgehead atoms. The fourth-order valence-corrected chi connectivity index (χ4v) is 1.57. The highest BCUT2D eigenvalue weighted by molar-refractivity contribution is 5.75. The van der Waals surface area contributed by atoms with E-state index in [-0.39, 0.29) is 24.6 Å². The van der Waals surface area contributed by atoms with Crippen LogP contribution in [-0.4, -0.2) is 29.6 Å². The van der Waals surface area contributed by atoms with E-state index in [2.05, 4.69) is 0 Å². The number of unbranched alkanes of at least 4 members (excludes halogenated alkanes) is 1. The van der Waals surface area contributed by atoms with Gasteiger partial charge in [-0.15, -0.1) is 0 Å². The third-order valence-corrected chi connectivity index (χ3v) is 2.65. The van der Waals surface area contributed by atoms with Crippen LogP contribution >= 0.6 is 0 Å². The number of rotatable bonds is 6. The molecule has 3 nitrogen and oxygen atoms in total. The molecule has 0 saturated carbocycles. The first-order valence-corrected chi connectivity index (χ1v) is 5.83. The molecule has 0 heterocycles. The van der Waals surface area contributed by atoms with E-state index in [0.717, 1.165) is 6.07 Å². The van der Waals surface area contributed by atoms with Crippen LogP contribution in [0.25, 0.3) is 0 Å². The van der Waals surface area contributed by atoms with Gasteiger partial charge in [0.15, 0.2) is 0 Å². The summed E-state index contributed by atoms with van der Waals surface area (Å²) in [6, 6.07) is 3.31. The maximum absolute atomic E-state index is 13.4. The molecule has 0 atom stereocenters. The van der Waals surface area contributed by atoms with E-state index in [9.17, 15) is 13.6 Å². The van der Waals surface area contributed by atoms with Gasteiger partial charge in [-0.3, -0.25) is 4.79 Å². The highest BCUT2D eigenvalue weighted by Crippen LogP contribution is 2.12. The lowest BCUT2D eigenvalue weighted by Gasteiger charge is -2.17. The molecule has 100 valence electrons. The van der Waals surface area contributed by atoms with E-state index in [1.54, 1.807) is 7.05 Å². The first kappa shape index (κ1) is 14.6. The Bertz CT molecular complexity index is 410. The summed E-state index contributed by atoms with van der Waals surface area (Å²) in [6.45, 7) is 0.174. The van der Waals surface area contributed by atoms with Gasteiger partial charge in [-0.25, -0.2) is 8.78 Å². The molecule has 1 aromatic carbocycles. The van der Waals surface area contributed by atoms with E-state index in [1.807, 2.05) is 0 Å². The van der Waals surface area contributed by atoms with Crippen molar-refractivity contribution in [2.75, 3.05) is 13.7 Å². The predicted octanol–water partition coefficient (Wildman–Crippen LogP) is 2.09. The van der Waals surface area contributed by atoms with Crippen LogP contribution < -0.4 is 0 Å². The van der Waals surface area contributed by atoms with Crippen molar-refractivity contribution in [1.29, 1.82) is 0 Å². The highest BCUT2D eigenvalue weighted by atomic mass is 19.1. The number of benzene rings is 1. The van der Waals surface area contributed by atoms with Gasteiger partial charge in [0.05, 0.1) is 0 Å². The number of aliphatic hydroxyl groups is 1. The van der Waals surface area contributed by atoms with Crippen molar-refractivity contribution < 1.29 is 18.7 Å². The molecule has 0 aliphatic rings. The summed E-state index contributed by atoms with van der Waals surface area (Å²) in [4.78, 5) is 13.0. The fourth-order valence-electron chi connectivity index (χ4n) is 1.57. The zero-order valence-corrected chi connectivity index (χ0v) is 10.3. The summed E-state index contributed by atoms with van der Waals surface area (Å²) in [5, 5.41) is 8.61. The van der Waals surface area contributed by atoms with Crippen LogP contribution in [0.1, 0.15) is 24.8 Å². The van der Waals surface area contributed by atoms with E-state index < -0.39 is 11.6 Å². The standard InChI is InChI=1S/C13H17F2NO2/c1-16(13(18)4-2-3-7-17)9-10-5-6-11(14)8-12(10)15/h5-6,8,17H,2-4,7,9H2,1H3. The van der Waals surface area contributed by atoms with Gasteiger partial charge in [-0.1, -0.05) is 6.07 Å². The van der Waals surface area contributed by atoms with E-state index in [4.69, 9.17) is 5.11 Å². The second-order valence-corrected chi connectivity index (χ2v) is 4.17. The lowest BCUT2D eigenvalue weighted by molar-refractivity contribution is -0.130. The maximum Gasteiger partial charge on any atom is 0.222 e. The van der Waals surface area contributed by atoms with Crippen LogP contribution in [0.15, 0.2) is 18.2 Å². The number of halogens is 2. The quantitative estimate of drug-likeness (QED) is 0.793. The second-order valence-electron chi connectivity index (χ2n) is 4.17. The average Bonchev–Trinajstić information content (AvgIpc) is 2.32. The maximum atomic E-state index is 13.4. The molecular weight excluding hydrogens is 240 g/mol. The minimum absolute atomic E-state index is 0.0591. The van der Waals surface area contributed by atoms with Gasteiger partial charge in [-0.2, -0.15) is 0 Å². The summed E-state index contributed by atoms with van der Waals surface area (Å²) in [6.07, 6.45) is 1.50. The minimum atomic E-state index is -0.648. The summed E-state index contributed by atoms with van der Waals surface area (Å²) in [5.41, 5.74) is 0.286. The summed E-state index contributed by atoms with van der Waals surface area (Å²) >= 11 is 0. The highest BCUT2D eigenvalue weighted by Gasteiger charge is 2.11. The van der Waals surface area contributed by atoms with E-state index in [0.29, 0.717) is 19.3 Å². The number of carbonyl (C=O) groups is 1. The first-order valence-electron chi connectivity index (χ1n) is 5.83. The Morgan fingerprint density at radius 2 is 2.06 bits per heavy atom. The molecular formula is C13H17F2NO2. The first-order chi connectivity index (χ1) is 8.54. The smallest absolute Gasteiger partial charge is 0.222 e. The SMILES string of the molecule is CN(Cc1ccc(F)cc1F)C(=O)CCCCO. The average molecular weight is 257 g/mol. The van der Waals surface area contributed by atoms with Crippen molar-refractivity contribution in [2.24, 2.45) is 0 Å². The zero-order valence-electron chi connectivity index (χ0n) is 10.3. The lowest BCUT2D eigenvalue weighted by atomic mass is 10.2. The third-order valence-electron chi connectivity index (χ3n) is 2.65. The van der Waals surface area contributed by atoms with Crippen molar-refractivity contribution in [2.45, 2.75) is 25.8 Å². The number of hydrogen-bond acceptors (Lipinski definition) is 2. The molecule has 1 amide bonds. The van der Waals surface area contributed by atoms with Crippen molar-refractivity contribution >= 4 is 5.91 Å². The second kappa shape index (κ2) is 7.06. The third kappa shape index (κ3) is 4.41. The number of hydrogen-bond donors (Lipinski definition) is 1. The molecule has 0 fully saturated rings. The van der Waals surface area contributed by atoms with Gasteiger partial charge < -0.3 is 10.0 Å². The Hall–Kier alpha value is -1.49. The van der Waals surface area contributed by atoms with Crippen molar-refractivity contribution in [3.05, 3.63) is 35.4 Å². The molecule has 5 heteroatoms. The molecule has 0 saturated heterocycles. The number of aliphatic hydroxyl groups excluding tert-OH is 1. The molecule has 1 N–H and O–H groups in total. The van der Waals surface area contributed by atoms with Gasteiger partial charge in [0.1, 0.15) is 11.6 Å². The Labute approximate surface area is 105 Å². The number of carbonyl (C=O) groups excluding carboxylic acids is 1. The normalized spacial score (nSPS) is 10.4. The van der Waals surface area contributed by atoms with Gasteiger partial charge in [-0.05, 0) is 18.9 Å². The molecule has 0 spiro atoms. The van der Waals surface area contributed by atoms with Crippen LogP contribution in [0.4, 0.5) is 8.78 Å². The molecule has 0 aliphatic carbocycles. The van der Waals surface area contributed by atoms with Crippen LogP contribution in [0.3, 0.4) is 0 Å². The summed E-state index contributed by atoms with van der Waals surface area (Å²) in [5.74, 6) is -1.40. The van der Waals surface area contributed by atoms with Gasteiger partial charge in [0, 0.05) is 38.2 Å². The van der Waals surface area contributed by atoms with E-state index >= 15 is 0 Å². The van der Waals surface area contributed by atoms with Crippen LogP contribution in [-0.2, 0) is 11.3 Å². The number of nitrogens with zero attached hydrogens (tertiary/aromatic N) is 1. The molecule has 0 unspecified atom stereocenters.